The van der Waals surface area contributed by atoms with Crippen LogP contribution in [-0.4, -0.2) is 34.4 Å². The summed E-state index contributed by atoms with van der Waals surface area (Å²) in [6.07, 6.45) is 0. The second-order valence-corrected chi connectivity index (χ2v) is 5.53. The molecule has 0 radical (unpaired) electrons. The van der Waals surface area contributed by atoms with Gasteiger partial charge in [-0.05, 0) is 45.3 Å². The second kappa shape index (κ2) is 5.32. The van der Waals surface area contributed by atoms with Crippen molar-refractivity contribution >= 4 is 18.5 Å². The fourth-order valence-electron chi connectivity index (χ4n) is 1.30. The maximum atomic E-state index is 10.9. The van der Waals surface area contributed by atoms with Gasteiger partial charge < -0.3 is 20.5 Å². The predicted octanol–water partition coefficient (Wildman–Crippen LogP) is 0.0391. The highest BCUT2D eigenvalue weighted by atomic mass is 16.5. The van der Waals surface area contributed by atoms with Gasteiger partial charge in [0.1, 0.15) is 0 Å². The van der Waals surface area contributed by atoms with Gasteiger partial charge in [-0.15, -0.1) is 0 Å². The fraction of sp³-hybridized carbons (Fsp3) is 0.462. The molecule has 1 aromatic carbocycles. The van der Waals surface area contributed by atoms with Gasteiger partial charge in [-0.1, -0.05) is 12.1 Å². The Labute approximate surface area is 113 Å². The van der Waals surface area contributed by atoms with Crippen molar-refractivity contribution < 1.29 is 19.6 Å². The minimum Gasteiger partial charge on any atom is -0.423 e. The molecular formula is C13H20BNO4. The Hall–Kier alpha value is -1.37. The average Bonchev–Trinajstić information content (AvgIpc) is 2.27. The number of hydrogen-bond donors (Lipinski definition) is 3. The first kappa shape index (κ1) is 15.7. The molecule has 19 heavy (non-hydrogen) atoms. The molecular weight excluding hydrogens is 245 g/mol. The van der Waals surface area contributed by atoms with Gasteiger partial charge in [0.2, 0.25) is 5.91 Å². The molecule has 1 rings (SSSR count). The molecule has 0 saturated carbocycles. The third kappa shape index (κ3) is 3.80. The molecule has 0 bridgehead atoms. The van der Waals surface area contributed by atoms with Crippen molar-refractivity contribution in [3.05, 3.63) is 29.8 Å². The van der Waals surface area contributed by atoms with E-state index in [1.165, 1.54) is 12.1 Å². The smallest absolute Gasteiger partial charge is 0.423 e. The molecule has 0 heterocycles. The molecule has 104 valence electrons. The Kier molecular flexibility index (Phi) is 4.40. The first-order valence-corrected chi connectivity index (χ1v) is 6.02. The molecule has 0 atom stereocenters. The van der Waals surface area contributed by atoms with E-state index in [9.17, 15) is 14.9 Å². The average molecular weight is 265 g/mol. The van der Waals surface area contributed by atoms with E-state index in [0.29, 0.717) is 11.0 Å². The molecule has 0 aliphatic heterocycles. The number of benzene rings is 1. The van der Waals surface area contributed by atoms with Gasteiger partial charge in [0.25, 0.3) is 0 Å². The van der Waals surface area contributed by atoms with Crippen LogP contribution < -0.4 is 11.2 Å². The maximum absolute atomic E-state index is 10.9. The summed E-state index contributed by atoms with van der Waals surface area (Å²) >= 11 is 0. The van der Waals surface area contributed by atoms with E-state index in [-0.39, 0.29) is 0 Å². The van der Waals surface area contributed by atoms with E-state index in [0.717, 1.165) is 0 Å². The molecule has 1 amide bonds. The number of carbonyl (C=O) groups excluding carboxylic acids is 1. The summed E-state index contributed by atoms with van der Waals surface area (Å²) in [5, 5.41) is 20.0. The number of aliphatic hydroxyl groups is 1. The zero-order valence-electron chi connectivity index (χ0n) is 11.7. The van der Waals surface area contributed by atoms with Crippen molar-refractivity contribution in [3.8, 4) is 0 Å². The van der Waals surface area contributed by atoms with Crippen molar-refractivity contribution in [2.45, 2.75) is 38.9 Å². The van der Waals surface area contributed by atoms with Gasteiger partial charge in [0.15, 0.2) is 0 Å². The van der Waals surface area contributed by atoms with E-state index in [2.05, 4.69) is 0 Å². The molecule has 0 aliphatic rings. The van der Waals surface area contributed by atoms with E-state index in [1.54, 1.807) is 39.8 Å². The quantitative estimate of drug-likeness (QED) is 0.655. The number of primary amides is 1. The third-order valence-electron chi connectivity index (χ3n) is 3.36. The minimum absolute atomic E-state index is 0.359. The van der Waals surface area contributed by atoms with E-state index < -0.39 is 24.2 Å². The molecule has 0 unspecified atom stereocenters. The lowest BCUT2D eigenvalue weighted by molar-refractivity contribution is -0.0982. The lowest BCUT2D eigenvalue weighted by Crippen LogP contribution is -2.53. The molecule has 5 nitrogen and oxygen atoms in total. The Morgan fingerprint density at radius 3 is 2.05 bits per heavy atom. The predicted molar refractivity (Wildman–Crippen MR) is 74.0 cm³/mol. The highest BCUT2D eigenvalue weighted by Crippen LogP contribution is 2.25. The molecule has 0 fully saturated rings. The van der Waals surface area contributed by atoms with Crippen LogP contribution in [0.25, 0.3) is 0 Å². The van der Waals surface area contributed by atoms with Crippen molar-refractivity contribution in [2.24, 2.45) is 5.73 Å². The Morgan fingerprint density at radius 2 is 1.68 bits per heavy atom. The van der Waals surface area contributed by atoms with Crippen LogP contribution >= 0.6 is 0 Å². The number of rotatable bonds is 5. The summed E-state index contributed by atoms with van der Waals surface area (Å²) < 4.78 is 5.48. The molecule has 0 spiro atoms. The lowest BCUT2D eigenvalue weighted by atomic mass is 9.76. The zero-order chi connectivity index (χ0) is 14.8. The molecule has 0 saturated heterocycles. The van der Waals surface area contributed by atoms with Crippen LogP contribution in [0.4, 0.5) is 0 Å². The second-order valence-electron chi connectivity index (χ2n) is 5.53. The minimum atomic E-state index is -1.19. The van der Waals surface area contributed by atoms with Gasteiger partial charge in [0, 0.05) is 5.56 Å². The third-order valence-corrected chi connectivity index (χ3v) is 3.36. The summed E-state index contributed by atoms with van der Waals surface area (Å²) in [6.45, 7) is 6.59. The van der Waals surface area contributed by atoms with E-state index >= 15 is 0 Å². The standard InChI is InChI=1S/C13H20BNO4/c1-12(2,17)13(3,4)19-14(18)10-7-5-9(6-8-10)11(15)16/h5-8,17-18H,1-4H3,(H2,15,16). The Bertz CT molecular complexity index is 451. The van der Waals surface area contributed by atoms with Gasteiger partial charge in [0.05, 0.1) is 11.2 Å². The van der Waals surface area contributed by atoms with Crippen LogP contribution in [0.15, 0.2) is 24.3 Å². The largest absolute Gasteiger partial charge is 0.491 e. The highest BCUT2D eigenvalue weighted by molar-refractivity contribution is 6.60. The summed E-state index contributed by atoms with van der Waals surface area (Å²) in [6, 6.07) is 6.15. The number of carbonyl (C=O) groups is 1. The van der Waals surface area contributed by atoms with Crippen LogP contribution in [0.2, 0.25) is 0 Å². The summed E-state index contributed by atoms with van der Waals surface area (Å²) in [5.41, 5.74) is 3.93. The Balaban J connectivity index is 2.84. The molecule has 0 aromatic heterocycles. The normalized spacial score (nSPS) is 12.3. The van der Waals surface area contributed by atoms with Crippen LogP contribution in [0.3, 0.4) is 0 Å². The van der Waals surface area contributed by atoms with Crippen LogP contribution in [0, 0.1) is 0 Å². The summed E-state index contributed by atoms with van der Waals surface area (Å²) in [7, 11) is -1.19. The SMILES string of the molecule is CC(C)(O)C(C)(C)OB(O)c1ccc(C(N)=O)cc1. The number of hydrogen-bond acceptors (Lipinski definition) is 4. The van der Waals surface area contributed by atoms with Crippen LogP contribution in [0.5, 0.6) is 0 Å². The first-order valence-electron chi connectivity index (χ1n) is 6.02. The van der Waals surface area contributed by atoms with Gasteiger partial charge in [-0.3, -0.25) is 4.79 Å². The number of amides is 1. The summed E-state index contributed by atoms with van der Waals surface area (Å²) in [4.78, 5) is 10.9. The van der Waals surface area contributed by atoms with Crippen molar-refractivity contribution in [3.63, 3.8) is 0 Å². The van der Waals surface area contributed by atoms with Crippen molar-refractivity contribution in [1.29, 1.82) is 0 Å². The van der Waals surface area contributed by atoms with Gasteiger partial charge >= 0.3 is 7.12 Å². The van der Waals surface area contributed by atoms with E-state index in [4.69, 9.17) is 10.4 Å². The summed E-state index contributed by atoms with van der Waals surface area (Å²) in [5.74, 6) is -0.529. The molecule has 0 aliphatic carbocycles. The molecule has 1 aromatic rings. The van der Waals surface area contributed by atoms with E-state index in [1.807, 2.05) is 0 Å². The highest BCUT2D eigenvalue weighted by Gasteiger charge is 2.39. The fourth-order valence-corrected chi connectivity index (χ4v) is 1.30. The number of nitrogens with two attached hydrogens (primary N) is 1. The Morgan fingerprint density at radius 1 is 1.21 bits per heavy atom. The van der Waals surface area contributed by atoms with Crippen molar-refractivity contribution in [1.82, 2.24) is 0 Å². The molecule has 4 N–H and O–H groups in total. The zero-order valence-corrected chi connectivity index (χ0v) is 11.7. The maximum Gasteiger partial charge on any atom is 0.491 e. The monoisotopic (exact) mass is 265 g/mol. The van der Waals surface area contributed by atoms with Crippen LogP contribution in [0.1, 0.15) is 38.1 Å². The van der Waals surface area contributed by atoms with Gasteiger partial charge in [-0.25, -0.2) is 0 Å². The van der Waals surface area contributed by atoms with Gasteiger partial charge in [-0.2, -0.15) is 0 Å². The van der Waals surface area contributed by atoms with Crippen molar-refractivity contribution in [2.75, 3.05) is 0 Å². The molecule has 6 heteroatoms. The first-order chi connectivity index (χ1) is 8.54. The topological polar surface area (TPSA) is 92.8 Å². The lowest BCUT2D eigenvalue weighted by Gasteiger charge is -2.38. The van der Waals surface area contributed by atoms with Crippen LogP contribution in [-0.2, 0) is 4.65 Å².